The summed E-state index contributed by atoms with van der Waals surface area (Å²) >= 11 is 5.96. The van der Waals surface area contributed by atoms with Crippen LogP contribution in [0, 0.1) is 0 Å². The van der Waals surface area contributed by atoms with Gasteiger partial charge in [0.1, 0.15) is 5.82 Å². The maximum atomic E-state index is 12.8. The van der Waals surface area contributed by atoms with Crippen molar-refractivity contribution in [3.8, 4) is 0 Å². The molecule has 0 aliphatic carbocycles. The number of pyridine rings is 1. The first-order valence-electron chi connectivity index (χ1n) is 8.25. The number of carbonyl (C=O) groups is 1. The Morgan fingerprint density at radius 3 is 2.57 bits per heavy atom. The molecule has 3 aromatic rings. The average Bonchev–Trinajstić information content (AvgIpc) is 2.66. The van der Waals surface area contributed by atoms with Crippen LogP contribution in [0.3, 0.4) is 0 Å². The number of hydrogen-bond donors (Lipinski definition) is 2. The zero-order chi connectivity index (χ0) is 20.1. The standard InChI is InChI=1S/C20H15ClF3N3O/c21-15-6-1-4-13(10-15)12-26-18-17(8-3-9-25-18)19(28)27-16-7-2-5-14(11-16)20(22,23)24/h1-11H,12H2,(H,25,26)(H,27,28). The van der Waals surface area contributed by atoms with Crippen LogP contribution >= 0.6 is 11.6 Å². The van der Waals surface area contributed by atoms with Crippen molar-refractivity contribution < 1.29 is 18.0 Å². The largest absolute Gasteiger partial charge is 0.416 e. The van der Waals surface area contributed by atoms with E-state index in [0.29, 0.717) is 17.4 Å². The number of nitrogens with one attached hydrogen (secondary N) is 2. The first-order chi connectivity index (χ1) is 13.3. The fourth-order valence-electron chi connectivity index (χ4n) is 2.53. The predicted octanol–water partition coefficient (Wildman–Crippen LogP) is 5.62. The Hall–Kier alpha value is -3.06. The Kier molecular flexibility index (Phi) is 5.84. The van der Waals surface area contributed by atoms with Gasteiger partial charge in [0.15, 0.2) is 0 Å². The molecule has 0 bridgehead atoms. The van der Waals surface area contributed by atoms with Crippen molar-refractivity contribution in [2.75, 3.05) is 10.6 Å². The third-order valence-electron chi connectivity index (χ3n) is 3.85. The van der Waals surface area contributed by atoms with Gasteiger partial charge >= 0.3 is 6.18 Å². The quantitative estimate of drug-likeness (QED) is 0.579. The Morgan fingerprint density at radius 1 is 1.04 bits per heavy atom. The van der Waals surface area contributed by atoms with Gasteiger partial charge in [0, 0.05) is 23.5 Å². The maximum Gasteiger partial charge on any atom is 0.416 e. The minimum Gasteiger partial charge on any atom is -0.365 e. The van der Waals surface area contributed by atoms with Gasteiger partial charge < -0.3 is 10.6 Å². The van der Waals surface area contributed by atoms with E-state index >= 15 is 0 Å². The summed E-state index contributed by atoms with van der Waals surface area (Å²) in [7, 11) is 0. The van der Waals surface area contributed by atoms with Crippen LogP contribution in [-0.4, -0.2) is 10.9 Å². The molecule has 4 nitrogen and oxygen atoms in total. The zero-order valence-electron chi connectivity index (χ0n) is 14.4. The zero-order valence-corrected chi connectivity index (χ0v) is 15.2. The van der Waals surface area contributed by atoms with Gasteiger partial charge in [0.05, 0.1) is 11.1 Å². The van der Waals surface area contributed by atoms with E-state index < -0.39 is 17.6 Å². The Balaban J connectivity index is 1.76. The SMILES string of the molecule is O=C(Nc1cccc(C(F)(F)F)c1)c1cccnc1NCc1cccc(Cl)c1. The van der Waals surface area contributed by atoms with Crippen molar-refractivity contribution in [1.29, 1.82) is 0 Å². The molecule has 1 heterocycles. The third-order valence-corrected chi connectivity index (χ3v) is 4.08. The lowest BCUT2D eigenvalue weighted by Gasteiger charge is -2.13. The van der Waals surface area contributed by atoms with Gasteiger partial charge in [-0.15, -0.1) is 0 Å². The molecule has 144 valence electrons. The molecule has 1 amide bonds. The van der Waals surface area contributed by atoms with Crippen molar-refractivity contribution in [2.45, 2.75) is 12.7 Å². The molecule has 0 saturated carbocycles. The number of anilines is 2. The molecule has 28 heavy (non-hydrogen) atoms. The van der Waals surface area contributed by atoms with E-state index in [1.807, 2.05) is 6.07 Å². The molecule has 0 unspecified atom stereocenters. The molecule has 2 aromatic carbocycles. The molecule has 2 N–H and O–H groups in total. The molecule has 1 aromatic heterocycles. The fraction of sp³-hybridized carbons (Fsp3) is 0.100. The van der Waals surface area contributed by atoms with Crippen molar-refractivity contribution in [2.24, 2.45) is 0 Å². The summed E-state index contributed by atoms with van der Waals surface area (Å²) in [6, 6.07) is 14.8. The van der Waals surface area contributed by atoms with Crippen molar-refractivity contribution in [3.63, 3.8) is 0 Å². The lowest BCUT2D eigenvalue weighted by molar-refractivity contribution is -0.137. The van der Waals surface area contributed by atoms with Crippen LogP contribution < -0.4 is 10.6 Å². The minimum absolute atomic E-state index is 0.0458. The minimum atomic E-state index is -4.49. The second-order valence-electron chi connectivity index (χ2n) is 5.92. The second kappa shape index (κ2) is 8.31. The van der Waals surface area contributed by atoms with Crippen molar-refractivity contribution in [3.05, 3.63) is 88.6 Å². The van der Waals surface area contributed by atoms with E-state index in [-0.39, 0.29) is 11.3 Å². The molecule has 0 fully saturated rings. The molecule has 3 rings (SSSR count). The van der Waals surface area contributed by atoms with E-state index in [2.05, 4.69) is 15.6 Å². The first kappa shape index (κ1) is 19.7. The highest BCUT2D eigenvalue weighted by Crippen LogP contribution is 2.30. The van der Waals surface area contributed by atoms with Gasteiger partial charge in [-0.1, -0.05) is 29.8 Å². The monoisotopic (exact) mass is 405 g/mol. The van der Waals surface area contributed by atoms with E-state index in [1.54, 1.807) is 24.3 Å². The number of rotatable bonds is 5. The maximum absolute atomic E-state index is 12.8. The molecule has 8 heteroatoms. The van der Waals surface area contributed by atoms with Gasteiger partial charge in [-0.25, -0.2) is 4.98 Å². The molecule has 0 aliphatic heterocycles. The molecule has 0 aliphatic rings. The summed E-state index contributed by atoms with van der Waals surface area (Å²) < 4.78 is 38.5. The number of carbonyl (C=O) groups excluding carboxylic acids is 1. The first-order valence-corrected chi connectivity index (χ1v) is 8.63. The highest BCUT2D eigenvalue weighted by atomic mass is 35.5. The fourth-order valence-corrected chi connectivity index (χ4v) is 2.75. The van der Waals surface area contributed by atoms with Crippen LogP contribution in [0.4, 0.5) is 24.7 Å². The number of nitrogens with zero attached hydrogens (tertiary/aromatic N) is 1. The van der Waals surface area contributed by atoms with Gasteiger partial charge in [-0.2, -0.15) is 13.2 Å². The van der Waals surface area contributed by atoms with E-state index in [4.69, 9.17) is 11.6 Å². The molecule has 0 radical (unpaired) electrons. The number of alkyl halides is 3. The second-order valence-corrected chi connectivity index (χ2v) is 6.35. The van der Waals surface area contributed by atoms with Crippen LogP contribution in [0.2, 0.25) is 5.02 Å². The summed E-state index contributed by atoms with van der Waals surface area (Å²) in [5, 5.41) is 6.11. The third kappa shape index (κ3) is 5.01. The summed E-state index contributed by atoms with van der Waals surface area (Å²) in [6.07, 6.45) is -2.97. The molecular weight excluding hydrogens is 391 g/mol. The molecule has 0 spiro atoms. The van der Waals surface area contributed by atoms with Crippen LogP contribution in [0.5, 0.6) is 0 Å². The number of benzene rings is 2. The lowest BCUT2D eigenvalue weighted by atomic mass is 10.1. The topological polar surface area (TPSA) is 54.0 Å². The molecular formula is C20H15ClF3N3O. The number of aromatic nitrogens is 1. The Labute approximate surface area is 164 Å². The van der Waals surface area contributed by atoms with E-state index in [0.717, 1.165) is 17.7 Å². The van der Waals surface area contributed by atoms with Gasteiger partial charge in [-0.05, 0) is 48.0 Å². The highest BCUT2D eigenvalue weighted by Gasteiger charge is 2.30. The average molecular weight is 406 g/mol. The van der Waals surface area contributed by atoms with Crippen LogP contribution in [-0.2, 0) is 12.7 Å². The summed E-state index contributed by atoms with van der Waals surface area (Å²) in [5.74, 6) is -0.257. The highest BCUT2D eigenvalue weighted by molar-refractivity contribution is 6.30. The van der Waals surface area contributed by atoms with Crippen LogP contribution in [0.15, 0.2) is 66.9 Å². The van der Waals surface area contributed by atoms with Crippen LogP contribution in [0.1, 0.15) is 21.5 Å². The lowest BCUT2D eigenvalue weighted by Crippen LogP contribution is -2.16. The van der Waals surface area contributed by atoms with Crippen LogP contribution in [0.25, 0.3) is 0 Å². The summed E-state index contributed by atoms with van der Waals surface area (Å²) in [6.45, 7) is 0.376. The molecule has 0 saturated heterocycles. The van der Waals surface area contributed by atoms with Gasteiger partial charge in [-0.3, -0.25) is 4.79 Å². The predicted molar refractivity (Wildman–Crippen MR) is 102 cm³/mol. The van der Waals surface area contributed by atoms with Crippen molar-refractivity contribution in [1.82, 2.24) is 4.98 Å². The van der Waals surface area contributed by atoms with Gasteiger partial charge in [0.25, 0.3) is 5.91 Å². The van der Waals surface area contributed by atoms with Gasteiger partial charge in [0.2, 0.25) is 0 Å². The Bertz CT molecular complexity index is 992. The molecule has 0 atom stereocenters. The number of amides is 1. The summed E-state index contributed by atoms with van der Waals surface area (Å²) in [4.78, 5) is 16.7. The van der Waals surface area contributed by atoms with E-state index in [1.165, 1.54) is 24.4 Å². The number of halogens is 4. The summed E-state index contributed by atoms with van der Waals surface area (Å²) in [5.41, 5.74) is 0.310. The Morgan fingerprint density at radius 2 is 1.82 bits per heavy atom. The van der Waals surface area contributed by atoms with E-state index in [9.17, 15) is 18.0 Å². The number of hydrogen-bond acceptors (Lipinski definition) is 3. The van der Waals surface area contributed by atoms with Crippen molar-refractivity contribution >= 4 is 29.0 Å². The smallest absolute Gasteiger partial charge is 0.365 e. The normalized spacial score (nSPS) is 11.1.